The average Bonchev–Trinajstić information content (AvgIpc) is 2.87. The van der Waals surface area contributed by atoms with Crippen LogP contribution in [0.5, 0.6) is 0 Å². The predicted molar refractivity (Wildman–Crippen MR) is 80.2 cm³/mol. The van der Waals surface area contributed by atoms with E-state index in [-0.39, 0.29) is 0 Å². The first-order chi connectivity index (χ1) is 8.61. The molecule has 0 amide bonds. The third-order valence-electron chi connectivity index (χ3n) is 2.67. The SMILES string of the molecule is CCn1nc(C)c(Cl)c1CNCc1ccc(Br)s1. The third kappa shape index (κ3) is 3.15. The van der Waals surface area contributed by atoms with Crippen molar-refractivity contribution in [1.82, 2.24) is 15.1 Å². The van der Waals surface area contributed by atoms with Crippen LogP contribution in [0.3, 0.4) is 0 Å². The van der Waals surface area contributed by atoms with Gasteiger partial charge in [0.2, 0.25) is 0 Å². The molecule has 0 saturated heterocycles. The zero-order chi connectivity index (χ0) is 13.1. The number of nitrogens with one attached hydrogen (secondary N) is 1. The molecule has 0 unspecified atom stereocenters. The van der Waals surface area contributed by atoms with Crippen LogP contribution < -0.4 is 5.32 Å². The van der Waals surface area contributed by atoms with Crippen LogP contribution in [0, 0.1) is 6.92 Å². The molecule has 18 heavy (non-hydrogen) atoms. The Kier molecular flexibility index (Phi) is 4.84. The Labute approximate surface area is 124 Å². The number of nitrogens with zero attached hydrogens (tertiary/aromatic N) is 2. The Bertz CT molecular complexity index is 535. The number of rotatable bonds is 5. The highest BCUT2D eigenvalue weighted by Gasteiger charge is 2.11. The lowest BCUT2D eigenvalue weighted by molar-refractivity contribution is 0.581. The summed E-state index contributed by atoms with van der Waals surface area (Å²) in [5, 5.41) is 8.58. The summed E-state index contributed by atoms with van der Waals surface area (Å²) in [5.74, 6) is 0. The summed E-state index contributed by atoms with van der Waals surface area (Å²) >= 11 is 11.5. The summed E-state index contributed by atoms with van der Waals surface area (Å²) in [4.78, 5) is 1.30. The van der Waals surface area contributed by atoms with Crippen molar-refractivity contribution in [2.75, 3.05) is 0 Å². The van der Waals surface area contributed by atoms with Crippen molar-refractivity contribution in [1.29, 1.82) is 0 Å². The first kappa shape index (κ1) is 14.1. The smallest absolute Gasteiger partial charge is 0.0860 e. The monoisotopic (exact) mass is 347 g/mol. The number of thiophene rings is 1. The highest BCUT2D eigenvalue weighted by molar-refractivity contribution is 9.11. The summed E-state index contributed by atoms with van der Waals surface area (Å²) in [6.07, 6.45) is 0. The van der Waals surface area contributed by atoms with Gasteiger partial charge in [0.25, 0.3) is 0 Å². The minimum atomic E-state index is 0.739. The van der Waals surface area contributed by atoms with Gasteiger partial charge >= 0.3 is 0 Å². The van der Waals surface area contributed by atoms with Crippen LogP contribution >= 0.6 is 38.9 Å². The van der Waals surface area contributed by atoms with Gasteiger partial charge in [-0.25, -0.2) is 0 Å². The lowest BCUT2D eigenvalue weighted by Crippen LogP contribution is -2.15. The van der Waals surface area contributed by atoms with Gasteiger partial charge in [0.05, 0.1) is 20.2 Å². The first-order valence-corrected chi connectivity index (χ1v) is 7.77. The van der Waals surface area contributed by atoms with Gasteiger partial charge in [0.1, 0.15) is 0 Å². The van der Waals surface area contributed by atoms with E-state index in [4.69, 9.17) is 11.6 Å². The van der Waals surface area contributed by atoms with Gasteiger partial charge in [-0.2, -0.15) is 5.10 Å². The van der Waals surface area contributed by atoms with Crippen molar-refractivity contribution >= 4 is 38.9 Å². The van der Waals surface area contributed by atoms with Crippen molar-refractivity contribution in [3.05, 3.63) is 37.2 Å². The zero-order valence-electron chi connectivity index (χ0n) is 10.3. The summed E-state index contributed by atoms with van der Waals surface area (Å²) in [6.45, 7) is 6.44. The van der Waals surface area contributed by atoms with Crippen LogP contribution in [0.15, 0.2) is 15.9 Å². The molecular weight excluding hydrogens is 334 g/mol. The molecule has 98 valence electrons. The maximum Gasteiger partial charge on any atom is 0.0860 e. The lowest BCUT2D eigenvalue weighted by Gasteiger charge is -2.06. The van der Waals surface area contributed by atoms with Crippen LogP contribution in [-0.2, 0) is 19.6 Å². The fourth-order valence-corrected chi connectivity index (χ4v) is 3.44. The van der Waals surface area contributed by atoms with Gasteiger partial charge in [-0.3, -0.25) is 4.68 Å². The normalized spacial score (nSPS) is 11.1. The molecule has 0 aromatic carbocycles. The summed E-state index contributed by atoms with van der Waals surface area (Å²) in [6, 6.07) is 4.18. The van der Waals surface area contributed by atoms with Gasteiger partial charge in [-0.15, -0.1) is 11.3 Å². The number of halogens is 2. The molecule has 0 spiro atoms. The van der Waals surface area contributed by atoms with Gasteiger partial charge in [-0.1, -0.05) is 11.6 Å². The van der Waals surface area contributed by atoms with E-state index in [0.717, 1.165) is 39.8 Å². The molecule has 0 fully saturated rings. The van der Waals surface area contributed by atoms with E-state index in [2.05, 4.69) is 45.4 Å². The number of hydrogen-bond donors (Lipinski definition) is 1. The molecule has 6 heteroatoms. The first-order valence-electron chi connectivity index (χ1n) is 5.78. The van der Waals surface area contributed by atoms with Crippen molar-refractivity contribution < 1.29 is 0 Å². The van der Waals surface area contributed by atoms with Crippen LogP contribution in [-0.4, -0.2) is 9.78 Å². The highest BCUT2D eigenvalue weighted by Crippen LogP contribution is 2.23. The standard InChI is InChI=1S/C12H15BrClN3S/c1-3-17-10(12(14)8(2)16-17)7-15-6-9-4-5-11(13)18-9/h4-5,15H,3,6-7H2,1-2H3. The number of aryl methyl sites for hydroxylation is 2. The lowest BCUT2D eigenvalue weighted by atomic mass is 10.3. The maximum absolute atomic E-state index is 6.25. The van der Waals surface area contributed by atoms with E-state index in [1.807, 2.05) is 11.6 Å². The Morgan fingerprint density at radius 2 is 2.22 bits per heavy atom. The number of aromatic nitrogens is 2. The second kappa shape index (κ2) is 6.19. The molecule has 0 aliphatic rings. The van der Waals surface area contributed by atoms with Gasteiger partial charge in [-0.05, 0) is 41.9 Å². The van der Waals surface area contributed by atoms with Gasteiger partial charge in [0.15, 0.2) is 0 Å². The van der Waals surface area contributed by atoms with Crippen LogP contribution in [0.4, 0.5) is 0 Å². The fourth-order valence-electron chi connectivity index (χ4n) is 1.79. The van der Waals surface area contributed by atoms with Crippen LogP contribution in [0.2, 0.25) is 5.02 Å². The summed E-state index contributed by atoms with van der Waals surface area (Å²) < 4.78 is 3.11. The minimum absolute atomic E-state index is 0.739. The second-order valence-corrected chi connectivity index (χ2v) is 6.90. The molecule has 2 aromatic heterocycles. The minimum Gasteiger partial charge on any atom is -0.306 e. The fraction of sp³-hybridized carbons (Fsp3) is 0.417. The molecule has 2 heterocycles. The molecular formula is C12H15BrClN3S. The topological polar surface area (TPSA) is 29.9 Å². The van der Waals surface area contributed by atoms with Crippen molar-refractivity contribution in [3.63, 3.8) is 0 Å². The quantitative estimate of drug-likeness (QED) is 0.886. The molecule has 2 rings (SSSR count). The van der Waals surface area contributed by atoms with Crippen molar-refractivity contribution in [3.8, 4) is 0 Å². The third-order valence-corrected chi connectivity index (χ3v) is 4.79. The Morgan fingerprint density at radius 3 is 2.83 bits per heavy atom. The molecule has 0 aliphatic heterocycles. The van der Waals surface area contributed by atoms with Crippen molar-refractivity contribution in [2.24, 2.45) is 0 Å². The van der Waals surface area contributed by atoms with E-state index in [9.17, 15) is 0 Å². The Morgan fingerprint density at radius 1 is 1.44 bits per heavy atom. The van der Waals surface area contributed by atoms with Crippen LogP contribution in [0.1, 0.15) is 23.2 Å². The predicted octanol–water partition coefficient (Wildman–Crippen LogP) is 3.98. The van der Waals surface area contributed by atoms with Crippen LogP contribution in [0.25, 0.3) is 0 Å². The van der Waals surface area contributed by atoms with Gasteiger partial charge in [0, 0.05) is 24.5 Å². The molecule has 2 aromatic rings. The Balaban J connectivity index is 1.98. The van der Waals surface area contributed by atoms with E-state index < -0.39 is 0 Å². The van der Waals surface area contributed by atoms with Crippen molar-refractivity contribution in [2.45, 2.75) is 33.5 Å². The zero-order valence-corrected chi connectivity index (χ0v) is 13.5. The molecule has 0 bridgehead atoms. The molecule has 3 nitrogen and oxygen atoms in total. The van der Waals surface area contributed by atoms with E-state index >= 15 is 0 Å². The molecule has 0 aliphatic carbocycles. The van der Waals surface area contributed by atoms with E-state index in [0.29, 0.717) is 0 Å². The molecule has 1 N–H and O–H groups in total. The average molecular weight is 349 g/mol. The number of hydrogen-bond acceptors (Lipinski definition) is 3. The van der Waals surface area contributed by atoms with E-state index in [1.54, 1.807) is 11.3 Å². The summed E-state index contributed by atoms with van der Waals surface area (Å²) in [5.41, 5.74) is 1.96. The largest absolute Gasteiger partial charge is 0.306 e. The maximum atomic E-state index is 6.25. The highest BCUT2D eigenvalue weighted by atomic mass is 79.9. The second-order valence-electron chi connectivity index (χ2n) is 3.97. The Hall–Kier alpha value is -0.360. The van der Waals surface area contributed by atoms with Gasteiger partial charge < -0.3 is 5.32 Å². The summed E-state index contributed by atoms with van der Waals surface area (Å²) in [7, 11) is 0. The molecule has 0 atom stereocenters. The molecule has 0 saturated carbocycles. The van der Waals surface area contributed by atoms with E-state index in [1.165, 1.54) is 4.88 Å². The molecule has 0 radical (unpaired) electrons.